The van der Waals surface area contributed by atoms with Crippen LogP contribution in [-0.4, -0.2) is 20.7 Å². The van der Waals surface area contributed by atoms with E-state index in [1.54, 1.807) is 17.1 Å². The summed E-state index contributed by atoms with van der Waals surface area (Å²) in [4.78, 5) is 9.95. The molecule has 0 fully saturated rings. The number of halogens is 1. The molecule has 20 heavy (non-hydrogen) atoms. The summed E-state index contributed by atoms with van der Waals surface area (Å²) in [6.07, 6.45) is 4.11. The topological polar surface area (TPSA) is 87.0 Å². The zero-order chi connectivity index (χ0) is 14.7. The molecular weight excluding hydrogens is 263 g/mol. The van der Waals surface area contributed by atoms with Gasteiger partial charge in [-0.2, -0.15) is 9.49 Å². The van der Waals surface area contributed by atoms with Crippen LogP contribution in [0.2, 0.25) is 0 Å². The van der Waals surface area contributed by atoms with E-state index in [4.69, 9.17) is 5.73 Å². The molecule has 2 rings (SSSR count). The third-order valence-corrected chi connectivity index (χ3v) is 2.83. The summed E-state index contributed by atoms with van der Waals surface area (Å²) in [5, 5.41) is 14.8. The third kappa shape index (κ3) is 3.18. The molecule has 0 saturated carbocycles. The number of hydrogen-bond acceptors (Lipinski definition) is 4. The standard InChI is InChI=1S/C13H15FN4O2/c1-9(15)5-10-6-16-17(7-10)8-11-3-2-4-12(13(11)14)18(19)20/h2-4,6-7,9H,5,8,15H2,1H3. The predicted octanol–water partition coefficient (Wildman–Crippen LogP) is 1.87. The second-order valence-corrected chi connectivity index (χ2v) is 4.73. The maximum Gasteiger partial charge on any atom is 0.305 e. The van der Waals surface area contributed by atoms with Crippen molar-refractivity contribution in [2.24, 2.45) is 5.73 Å². The number of nitrogens with zero attached hydrogens (tertiary/aromatic N) is 3. The van der Waals surface area contributed by atoms with E-state index in [-0.39, 0.29) is 18.2 Å². The number of benzene rings is 1. The Labute approximate surface area is 115 Å². The van der Waals surface area contributed by atoms with Gasteiger partial charge in [-0.05, 0) is 18.9 Å². The van der Waals surface area contributed by atoms with Crippen molar-refractivity contribution in [1.29, 1.82) is 0 Å². The lowest BCUT2D eigenvalue weighted by Crippen LogP contribution is -2.17. The summed E-state index contributed by atoms with van der Waals surface area (Å²) in [5.41, 5.74) is 6.35. The van der Waals surface area contributed by atoms with Crippen LogP contribution in [0, 0.1) is 15.9 Å². The number of nitro benzene ring substituents is 1. The van der Waals surface area contributed by atoms with Crippen LogP contribution in [0.4, 0.5) is 10.1 Å². The van der Waals surface area contributed by atoms with Crippen molar-refractivity contribution in [3.05, 3.63) is 57.7 Å². The van der Waals surface area contributed by atoms with Gasteiger partial charge in [-0.25, -0.2) is 0 Å². The molecule has 0 aliphatic heterocycles. The summed E-state index contributed by atoms with van der Waals surface area (Å²) >= 11 is 0. The highest BCUT2D eigenvalue weighted by Crippen LogP contribution is 2.20. The van der Waals surface area contributed by atoms with Crippen LogP contribution in [0.25, 0.3) is 0 Å². The van der Waals surface area contributed by atoms with Gasteiger partial charge in [0.15, 0.2) is 0 Å². The maximum atomic E-state index is 13.9. The molecule has 2 aromatic rings. The molecule has 0 saturated heterocycles. The Kier molecular flexibility index (Phi) is 4.09. The molecule has 1 unspecified atom stereocenters. The highest BCUT2D eigenvalue weighted by atomic mass is 19.1. The normalized spacial score (nSPS) is 12.3. The number of hydrogen-bond donors (Lipinski definition) is 1. The summed E-state index contributed by atoms with van der Waals surface area (Å²) in [7, 11) is 0. The van der Waals surface area contributed by atoms with E-state index in [0.717, 1.165) is 11.6 Å². The molecule has 6 nitrogen and oxygen atoms in total. The average Bonchev–Trinajstić information content (AvgIpc) is 2.78. The van der Waals surface area contributed by atoms with Crippen LogP contribution >= 0.6 is 0 Å². The van der Waals surface area contributed by atoms with Crippen LogP contribution in [0.1, 0.15) is 18.1 Å². The van der Waals surface area contributed by atoms with Gasteiger partial charge < -0.3 is 5.73 Å². The van der Waals surface area contributed by atoms with Gasteiger partial charge in [0, 0.05) is 23.9 Å². The molecule has 1 heterocycles. The maximum absolute atomic E-state index is 13.9. The van der Waals surface area contributed by atoms with Gasteiger partial charge in [0.1, 0.15) is 0 Å². The molecule has 0 aliphatic rings. The van der Waals surface area contributed by atoms with Crippen LogP contribution in [-0.2, 0) is 13.0 Å². The fraction of sp³-hybridized carbons (Fsp3) is 0.308. The predicted molar refractivity (Wildman–Crippen MR) is 71.7 cm³/mol. The van der Waals surface area contributed by atoms with Crippen LogP contribution < -0.4 is 5.73 Å². The lowest BCUT2D eigenvalue weighted by molar-refractivity contribution is -0.387. The monoisotopic (exact) mass is 278 g/mol. The Morgan fingerprint density at radius 2 is 2.30 bits per heavy atom. The second-order valence-electron chi connectivity index (χ2n) is 4.73. The molecule has 106 valence electrons. The highest BCUT2D eigenvalue weighted by molar-refractivity contribution is 5.36. The molecule has 7 heteroatoms. The Balaban J connectivity index is 2.20. The molecule has 2 N–H and O–H groups in total. The summed E-state index contributed by atoms with van der Waals surface area (Å²) in [6, 6.07) is 4.13. The molecule has 0 spiro atoms. The SMILES string of the molecule is CC(N)Cc1cnn(Cc2cccc([N+](=O)[O-])c2F)c1. The molecule has 0 bridgehead atoms. The number of rotatable bonds is 5. The van der Waals surface area contributed by atoms with E-state index in [1.165, 1.54) is 12.1 Å². The van der Waals surface area contributed by atoms with E-state index >= 15 is 0 Å². The summed E-state index contributed by atoms with van der Waals surface area (Å²) in [6.45, 7) is 2.03. The molecule has 1 aromatic carbocycles. The molecule has 0 aliphatic carbocycles. The average molecular weight is 278 g/mol. The van der Waals surface area contributed by atoms with E-state index < -0.39 is 16.4 Å². The van der Waals surface area contributed by atoms with Crippen LogP contribution in [0.3, 0.4) is 0 Å². The van der Waals surface area contributed by atoms with E-state index in [1.807, 2.05) is 6.92 Å². The van der Waals surface area contributed by atoms with Gasteiger partial charge in [0.25, 0.3) is 0 Å². The minimum absolute atomic E-state index is 0.0159. The third-order valence-electron chi connectivity index (χ3n) is 2.83. The van der Waals surface area contributed by atoms with Gasteiger partial charge >= 0.3 is 5.69 Å². The zero-order valence-electron chi connectivity index (χ0n) is 11.0. The Morgan fingerprint density at radius 3 is 2.95 bits per heavy atom. The largest absolute Gasteiger partial charge is 0.328 e. The minimum atomic E-state index is -0.818. The summed E-state index contributed by atoms with van der Waals surface area (Å²) < 4.78 is 15.5. The van der Waals surface area contributed by atoms with Gasteiger partial charge in [-0.15, -0.1) is 0 Å². The quantitative estimate of drug-likeness (QED) is 0.668. The number of aromatic nitrogens is 2. The van der Waals surface area contributed by atoms with Gasteiger partial charge in [-0.1, -0.05) is 12.1 Å². The smallest absolute Gasteiger partial charge is 0.305 e. The Hall–Kier alpha value is -2.28. The second kappa shape index (κ2) is 5.79. The first kappa shape index (κ1) is 14.1. The van der Waals surface area contributed by atoms with Crippen molar-refractivity contribution in [3.63, 3.8) is 0 Å². The highest BCUT2D eigenvalue weighted by Gasteiger charge is 2.17. The molecule has 1 aromatic heterocycles. The van der Waals surface area contributed by atoms with Gasteiger partial charge in [0.05, 0.1) is 17.7 Å². The van der Waals surface area contributed by atoms with E-state index in [9.17, 15) is 14.5 Å². The molecule has 0 radical (unpaired) electrons. The van der Waals surface area contributed by atoms with Gasteiger partial charge in [-0.3, -0.25) is 14.8 Å². The number of nitro groups is 1. The lowest BCUT2D eigenvalue weighted by Gasteiger charge is -2.04. The lowest BCUT2D eigenvalue weighted by atomic mass is 10.1. The first-order valence-electron chi connectivity index (χ1n) is 6.16. The van der Waals surface area contributed by atoms with Crippen molar-refractivity contribution < 1.29 is 9.31 Å². The molecular formula is C13H15FN4O2. The van der Waals surface area contributed by atoms with Crippen LogP contribution in [0.5, 0.6) is 0 Å². The minimum Gasteiger partial charge on any atom is -0.328 e. The first-order chi connectivity index (χ1) is 9.47. The molecule has 0 amide bonds. The van der Waals surface area contributed by atoms with Crippen molar-refractivity contribution in [2.75, 3.05) is 0 Å². The van der Waals surface area contributed by atoms with Crippen molar-refractivity contribution in [2.45, 2.75) is 25.9 Å². The van der Waals surface area contributed by atoms with Crippen molar-refractivity contribution >= 4 is 5.69 Å². The fourth-order valence-corrected chi connectivity index (χ4v) is 1.97. The Morgan fingerprint density at radius 1 is 1.55 bits per heavy atom. The van der Waals surface area contributed by atoms with E-state index in [0.29, 0.717) is 6.42 Å². The fourth-order valence-electron chi connectivity index (χ4n) is 1.97. The Bertz CT molecular complexity index is 625. The first-order valence-corrected chi connectivity index (χ1v) is 6.16. The number of nitrogens with two attached hydrogens (primary N) is 1. The summed E-state index contributed by atoms with van der Waals surface area (Å²) in [5.74, 6) is -0.818. The molecule has 1 atom stereocenters. The van der Waals surface area contributed by atoms with Crippen molar-refractivity contribution in [1.82, 2.24) is 9.78 Å². The van der Waals surface area contributed by atoms with Crippen molar-refractivity contribution in [3.8, 4) is 0 Å². The van der Waals surface area contributed by atoms with E-state index in [2.05, 4.69) is 5.10 Å². The zero-order valence-corrected chi connectivity index (χ0v) is 11.0. The van der Waals surface area contributed by atoms with Crippen LogP contribution in [0.15, 0.2) is 30.6 Å². The van der Waals surface area contributed by atoms with Gasteiger partial charge in [0.2, 0.25) is 5.82 Å².